The fraction of sp³-hybridized carbons (Fsp3) is 0.481. The topological polar surface area (TPSA) is 62.1 Å². The summed E-state index contributed by atoms with van der Waals surface area (Å²) < 4.78 is 18.9. The molecule has 34 heavy (non-hydrogen) atoms. The summed E-state index contributed by atoms with van der Waals surface area (Å²) in [5.74, 6) is 1.21. The fourth-order valence-corrected chi connectivity index (χ4v) is 3.70. The van der Waals surface area contributed by atoms with Gasteiger partial charge in [0.05, 0.1) is 35.1 Å². The molecule has 0 spiro atoms. The summed E-state index contributed by atoms with van der Waals surface area (Å²) in [4.78, 5) is 17.5. The predicted octanol–water partition coefficient (Wildman–Crippen LogP) is 6.62. The fourth-order valence-electron chi connectivity index (χ4n) is 3.48. The van der Waals surface area contributed by atoms with Crippen LogP contribution in [-0.2, 0) is 11.3 Å². The molecule has 6 nitrogen and oxygen atoms in total. The van der Waals surface area contributed by atoms with Crippen LogP contribution in [0.2, 0.25) is 5.02 Å². The summed E-state index contributed by atoms with van der Waals surface area (Å²) in [6.45, 7) is 12.4. The lowest BCUT2D eigenvalue weighted by Gasteiger charge is -2.15. The number of aromatic nitrogens is 1. The van der Waals surface area contributed by atoms with Gasteiger partial charge in [-0.15, -0.1) is 0 Å². The van der Waals surface area contributed by atoms with Crippen LogP contribution in [0.15, 0.2) is 39.8 Å². The Bertz CT molecular complexity index is 1070. The van der Waals surface area contributed by atoms with Crippen LogP contribution >= 0.6 is 11.6 Å². The van der Waals surface area contributed by atoms with Crippen LogP contribution < -0.4 is 14.9 Å². The number of ether oxygens (including phenoxy) is 3. The third-order valence-electron chi connectivity index (χ3n) is 5.23. The molecule has 0 atom stereocenters. The standard InChI is InChI=1S/C24H29ClN2O4.C3H8/c1-5-16(3)24(26-6-2)18-15-27-8-11-31-22-14-23(30-10-7-9-29-4)19(25)12-17(22)20(27)13-21(18)28;1-3-2/h6,12-15H,5,7-11H2,1-4H3;3H2,1-2H3/b24-16-,26-6?;. The number of fused-ring (bicyclic) bond motifs is 3. The van der Waals surface area contributed by atoms with Gasteiger partial charge in [0.25, 0.3) is 0 Å². The maximum absolute atomic E-state index is 13.1. The lowest BCUT2D eigenvalue weighted by atomic mass is 10.0. The molecule has 0 bridgehead atoms. The van der Waals surface area contributed by atoms with E-state index in [0.29, 0.717) is 48.5 Å². The van der Waals surface area contributed by atoms with E-state index in [1.165, 1.54) is 6.42 Å². The van der Waals surface area contributed by atoms with Crippen LogP contribution in [0.1, 0.15) is 59.4 Å². The number of nitrogens with zero attached hydrogens (tertiary/aromatic N) is 2. The normalized spacial score (nSPS) is 13.1. The first-order valence-corrected chi connectivity index (χ1v) is 12.3. The second-order valence-corrected chi connectivity index (χ2v) is 8.44. The molecule has 1 aromatic carbocycles. The first kappa shape index (κ1) is 27.7. The highest BCUT2D eigenvalue weighted by atomic mass is 35.5. The van der Waals surface area contributed by atoms with E-state index in [1.807, 2.05) is 24.6 Å². The van der Waals surface area contributed by atoms with Crippen LogP contribution in [0.5, 0.6) is 11.5 Å². The lowest BCUT2D eigenvalue weighted by Crippen LogP contribution is -2.15. The largest absolute Gasteiger partial charge is 0.492 e. The summed E-state index contributed by atoms with van der Waals surface area (Å²) in [6, 6.07) is 5.25. The SMILES string of the molecule is CC=N/C(=C(/C)CC)c1cn2c(cc1=O)-c1cc(Cl)c(OCCCOC)cc1OCC2.CCC. The zero-order valence-corrected chi connectivity index (χ0v) is 22.0. The summed E-state index contributed by atoms with van der Waals surface area (Å²) in [5, 5.41) is 0.475. The first-order chi connectivity index (χ1) is 16.4. The predicted molar refractivity (Wildman–Crippen MR) is 142 cm³/mol. The molecule has 1 aromatic heterocycles. The van der Waals surface area contributed by atoms with Gasteiger partial charge in [0, 0.05) is 50.2 Å². The molecule has 186 valence electrons. The molecule has 1 aliphatic heterocycles. The van der Waals surface area contributed by atoms with Gasteiger partial charge >= 0.3 is 0 Å². The van der Waals surface area contributed by atoms with E-state index >= 15 is 0 Å². The van der Waals surface area contributed by atoms with E-state index in [1.54, 1.807) is 31.5 Å². The van der Waals surface area contributed by atoms with Crippen LogP contribution in [0.25, 0.3) is 17.0 Å². The summed E-state index contributed by atoms with van der Waals surface area (Å²) >= 11 is 6.49. The number of methoxy groups -OCH3 is 1. The molecule has 0 N–H and O–H groups in total. The number of hydrogen-bond acceptors (Lipinski definition) is 5. The number of hydrogen-bond donors (Lipinski definition) is 0. The van der Waals surface area contributed by atoms with Crippen LogP contribution in [0.3, 0.4) is 0 Å². The Morgan fingerprint density at radius 1 is 1.24 bits per heavy atom. The Balaban J connectivity index is 0.00000129. The Hall–Kier alpha value is -2.57. The van der Waals surface area contributed by atoms with Crippen molar-refractivity contribution in [2.75, 3.05) is 26.9 Å². The van der Waals surface area contributed by atoms with E-state index in [4.69, 9.17) is 25.8 Å². The zero-order chi connectivity index (χ0) is 25.1. The minimum Gasteiger partial charge on any atom is -0.492 e. The number of pyridine rings is 1. The summed E-state index contributed by atoms with van der Waals surface area (Å²) in [5.41, 5.74) is 3.85. The molecular weight excluding hydrogens is 452 g/mol. The van der Waals surface area contributed by atoms with E-state index in [2.05, 4.69) is 25.8 Å². The molecule has 0 fully saturated rings. The number of rotatable bonds is 8. The number of halogens is 1. The number of benzene rings is 1. The molecule has 0 saturated heterocycles. The van der Waals surface area contributed by atoms with Crippen molar-refractivity contribution in [1.29, 1.82) is 0 Å². The molecule has 2 aromatic rings. The second-order valence-electron chi connectivity index (χ2n) is 8.03. The van der Waals surface area contributed by atoms with Gasteiger partial charge in [0.2, 0.25) is 0 Å². The van der Waals surface area contributed by atoms with Crippen molar-refractivity contribution in [2.24, 2.45) is 4.99 Å². The molecule has 0 unspecified atom stereocenters. The molecule has 0 radical (unpaired) electrons. The molecule has 7 heteroatoms. The number of allylic oxidation sites excluding steroid dienone is 1. The smallest absolute Gasteiger partial charge is 0.191 e. The molecule has 1 aliphatic rings. The lowest BCUT2D eigenvalue weighted by molar-refractivity contribution is 0.172. The van der Waals surface area contributed by atoms with E-state index < -0.39 is 0 Å². The van der Waals surface area contributed by atoms with Crippen LogP contribution in [-0.4, -0.2) is 37.7 Å². The third kappa shape index (κ3) is 6.97. The maximum Gasteiger partial charge on any atom is 0.191 e. The van der Waals surface area contributed by atoms with Gasteiger partial charge in [0.1, 0.15) is 18.1 Å². The molecule has 2 heterocycles. The van der Waals surface area contributed by atoms with Crippen molar-refractivity contribution in [1.82, 2.24) is 4.57 Å². The van der Waals surface area contributed by atoms with Crippen molar-refractivity contribution in [2.45, 2.75) is 60.4 Å². The minimum atomic E-state index is -0.0801. The van der Waals surface area contributed by atoms with Crippen molar-refractivity contribution in [3.05, 3.63) is 50.8 Å². The van der Waals surface area contributed by atoms with Crippen LogP contribution in [0, 0.1) is 0 Å². The molecule has 3 rings (SSSR count). The van der Waals surface area contributed by atoms with Gasteiger partial charge in [-0.25, -0.2) is 0 Å². The highest BCUT2D eigenvalue weighted by molar-refractivity contribution is 6.32. The zero-order valence-electron chi connectivity index (χ0n) is 21.2. The van der Waals surface area contributed by atoms with Crippen molar-refractivity contribution in [3.63, 3.8) is 0 Å². The van der Waals surface area contributed by atoms with E-state index in [-0.39, 0.29) is 5.43 Å². The molecule has 0 saturated carbocycles. The van der Waals surface area contributed by atoms with Crippen molar-refractivity contribution in [3.8, 4) is 22.8 Å². The van der Waals surface area contributed by atoms with Crippen molar-refractivity contribution >= 4 is 23.5 Å². The molecular formula is C27H37ClN2O4. The van der Waals surface area contributed by atoms with Gasteiger partial charge in [-0.1, -0.05) is 38.8 Å². The molecule has 0 amide bonds. The summed E-state index contributed by atoms with van der Waals surface area (Å²) in [6.07, 6.45) is 6.43. The van der Waals surface area contributed by atoms with E-state index in [9.17, 15) is 4.79 Å². The Morgan fingerprint density at radius 3 is 2.62 bits per heavy atom. The van der Waals surface area contributed by atoms with Gasteiger partial charge in [-0.2, -0.15) is 0 Å². The van der Waals surface area contributed by atoms with Gasteiger partial charge in [0.15, 0.2) is 5.43 Å². The van der Waals surface area contributed by atoms with Crippen LogP contribution in [0.4, 0.5) is 0 Å². The van der Waals surface area contributed by atoms with E-state index in [0.717, 1.165) is 35.4 Å². The average Bonchev–Trinajstić information content (AvgIpc) is 2.98. The second kappa shape index (κ2) is 14.0. The Morgan fingerprint density at radius 2 is 1.97 bits per heavy atom. The van der Waals surface area contributed by atoms with Gasteiger partial charge in [-0.05, 0) is 31.9 Å². The third-order valence-corrected chi connectivity index (χ3v) is 5.52. The Labute approximate surface area is 208 Å². The first-order valence-electron chi connectivity index (χ1n) is 11.9. The maximum atomic E-state index is 13.1. The van der Waals surface area contributed by atoms with Gasteiger partial charge < -0.3 is 18.8 Å². The molecule has 0 aliphatic carbocycles. The quantitative estimate of drug-likeness (QED) is 0.309. The monoisotopic (exact) mass is 488 g/mol. The van der Waals surface area contributed by atoms with Gasteiger partial charge in [-0.3, -0.25) is 9.79 Å². The van der Waals surface area contributed by atoms with Crippen molar-refractivity contribution < 1.29 is 14.2 Å². The highest BCUT2D eigenvalue weighted by Crippen LogP contribution is 2.40. The minimum absolute atomic E-state index is 0.0801. The number of aliphatic imine (C=N–C) groups is 1. The summed E-state index contributed by atoms with van der Waals surface area (Å²) in [7, 11) is 1.66. The average molecular weight is 489 g/mol. The highest BCUT2D eigenvalue weighted by Gasteiger charge is 2.21. The Kier molecular flexibility index (Phi) is 11.4.